The molecule has 0 aliphatic rings. The zero-order chi connectivity index (χ0) is 5.15. The quantitative estimate of drug-likeness (QED) is 0.418. The highest BCUT2D eigenvalue weighted by molar-refractivity contribution is 7.39. The van der Waals surface area contributed by atoms with Gasteiger partial charge in [0.05, 0.1) is 0 Å². The van der Waals surface area contributed by atoms with Crippen molar-refractivity contribution in [3.8, 4) is 0 Å². The number of hydrogen-bond acceptors (Lipinski definition) is 1. The molecule has 0 fully saturated rings. The van der Waals surface area contributed by atoms with E-state index < -0.39 is 0 Å². The van der Waals surface area contributed by atoms with Gasteiger partial charge in [0.25, 0.3) is 0 Å². The standard InChI is InChI=1S/C2H8B3N/c1-4(2)5(3)6/h6H2,1-2H3. The van der Waals surface area contributed by atoms with E-state index >= 15 is 0 Å². The van der Waals surface area contributed by atoms with E-state index in [1.54, 1.807) is 0 Å². The average molecular weight is 78.5 g/mol. The molecule has 0 aromatic heterocycles. The lowest BCUT2D eigenvalue weighted by Crippen LogP contribution is -2.40. The van der Waals surface area contributed by atoms with Gasteiger partial charge in [-0.25, -0.2) is 0 Å². The summed E-state index contributed by atoms with van der Waals surface area (Å²) in [5.74, 6) is 0. The molecule has 0 amide bonds. The monoisotopic (exact) mass is 79.1 g/mol. The maximum absolute atomic E-state index is 5.21. The van der Waals surface area contributed by atoms with Crippen LogP contribution in [0.15, 0.2) is 0 Å². The Kier molecular flexibility index (Phi) is 2.41. The molecule has 0 saturated heterocycles. The Balaban J connectivity index is 2.99. The van der Waals surface area contributed by atoms with Gasteiger partial charge >= 0.3 is 0 Å². The van der Waals surface area contributed by atoms with Crippen molar-refractivity contribution < 1.29 is 0 Å². The van der Waals surface area contributed by atoms with Crippen LogP contribution in [0.3, 0.4) is 0 Å². The fourth-order valence-electron chi connectivity index (χ4n) is 0. The fraction of sp³-hybridized carbons (Fsp3) is 1.00. The molecule has 0 bridgehead atoms. The van der Waals surface area contributed by atoms with Gasteiger partial charge < -0.3 is 5.64 Å². The third-order valence-corrected chi connectivity index (χ3v) is 0.770. The summed E-state index contributed by atoms with van der Waals surface area (Å²) in [7, 11) is 5.21. The Morgan fingerprint density at radius 2 is 1.67 bits per heavy atom. The summed E-state index contributed by atoms with van der Waals surface area (Å²) in [4.78, 5) is 0. The molecule has 0 unspecified atom stereocenters. The van der Waals surface area contributed by atoms with Gasteiger partial charge in [0.1, 0.15) is 13.2 Å². The predicted octanol–water partition coefficient (Wildman–Crippen LogP) is -0.565. The molecule has 0 rings (SSSR count). The Hall–Kier alpha value is 0.155. The van der Waals surface area contributed by atoms with Gasteiger partial charge in [0, 0.05) is 7.74 Å². The van der Waals surface area contributed by atoms with Crippen molar-refractivity contribution in [2.24, 2.45) is 5.64 Å². The van der Waals surface area contributed by atoms with Gasteiger partial charge in [0.2, 0.25) is 0 Å². The van der Waals surface area contributed by atoms with Crippen molar-refractivity contribution in [2.45, 2.75) is 13.6 Å². The normalized spacial score (nSPS) is 7.83. The molecule has 0 aliphatic heterocycles. The molecule has 0 atom stereocenters. The third kappa shape index (κ3) is 2.40. The van der Waals surface area contributed by atoms with Crippen molar-refractivity contribution in [1.29, 1.82) is 0 Å². The zero-order valence-corrected chi connectivity index (χ0v) is 4.31. The molecule has 2 radical (unpaired) electrons. The second-order valence-electron chi connectivity index (χ2n) is 1.82. The number of nitrogens with two attached hydrogens (primary N) is 1. The molecule has 6 heavy (non-hydrogen) atoms. The van der Waals surface area contributed by atoms with Crippen molar-refractivity contribution >= 4 is 21.0 Å². The van der Waals surface area contributed by atoms with Crippen molar-refractivity contribution in [1.82, 2.24) is 0 Å². The van der Waals surface area contributed by atoms with Crippen LogP contribution in [-0.2, 0) is 0 Å². The van der Waals surface area contributed by atoms with Crippen LogP contribution in [0.5, 0.6) is 0 Å². The summed E-state index contributed by atoms with van der Waals surface area (Å²) in [6, 6.07) is 0. The summed E-state index contributed by atoms with van der Waals surface area (Å²) in [6.07, 6.45) is 0. The highest BCUT2D eigenvalue weighted by atomic mass is 14.4. The van der Waals surface area contributed by atoms with Gasteiger partial charge in [-0.15, -0.1) is 0 Å². The topological polar surface area (TPSA) is 26.0 Å². The first-order valence-corrected chi connectivity index (χ1v) is 2.15. The lowest BCUT2D eigenvalue weighted by molar-refractivity contribution is 1.91. The molecule has 0 aromatic carbocycles. The Morgan fingerprint density at radius 3 is 1.67 bits per heavy atom. The van der Waals surface area contributed by atoms with Crippen LogP contribution >= 0.6 is 0 Å². The fourth-order valence-corrected chi connectivity index (χ4v) is 0. The molecule has 2 N–H and O–H groups in total. The van der Waals surface area contributed by atoms with Gasteiger partial charge in [-0.3, -0.25) is 0 Å². The predicted molar refractivity (Wildman–Crippen MR) is 33.2 cm³/mol. The molecule has 4 heteroatoms. The minimum Gasteiger partial charge on any atom is -0.383 e. The summed E-state index contributed by atoms with van der Waals surface area (Å²) in [5, 5.41) is 0. The molecular weight excluding hydrogens is 70.5 g/mol. The summed E-state index contributed by atoms with van der Waals surface area (Å²) >= 11 is 0. The van der Waals surface area contributed by atoms with Crippen molar-refractivity contribution in [3.05, 3.63) is 0 Å². The van der Waals surface area contributed by atoms with E-state index in [4.69, 9.17) is 13.4 Å². The second-order valence-corrected chi connectivity index (χ2v) is 1.82. The van der Waals surface area contributed by atoms with Crippen LogP contribution in [-0.4, -0.2) is 21.0 Å². The third-order valence-electron chi connectivity index (χ3n) is 0.770. The molecule has 30 valence electrons. The summed E-state index contributed by atoms with van der Waals surface area (Å²) in [6.45, 7) is 4.24. The van der Waals surface area contributed by atoms with E-state index in [0.717, 1.165) is 0 Å². The van der Waals surface area contributed by atoms with Gasteiger partial charge in [-0.05, 0) is 0 Å². The molecule has 1 nitrogen and oxygen atoms in total. The van der Waals surface area contributed by atoms with Crippen LogP contribution in [0.25, 0.3) is 0 Å². The van der Waals surface area contributed by atoms with Crippen LogP contribution in [0.4, 0.5) is 0 Å². The van der Waals surface area contributed by atoms with E-state index in [1.807, 2.05) is 13.6 Å². The first-order chi connectivity index (χ1) is 2.64. The maximum atomic E-state index is 5.21. The SMILES string of the molecule is [B]B(N)B(C)C. The summed E-state index contributed by atoms with van der Waals surface area (Å²) < 4.78 is 0. The molecule has 0 spiro atoms. The Morgan fingerprint density at radius 1 is 1.50 bits per heavy atom. The Labute approximate surface area is 41.2 Å². The van der Waals surface area contributed by atoms with Crippen molar-refractivity contribution in [2.75, 3.05) is 0 Å². The minimum absolute atomic E-state index is 0.148. The van der Waals surface area contributed by atoms with E-state index in [9.17, 15) is 0 Å². The average Bonchev–Trinajstić information content (AvgIpc) is 1.36. The maximum Gasteiger partial charge on any atom is 0.130 e. The first kappa shape index (κ1) is 6.15. The van der Waals surface area contributed by atoms with Crippen LogP contribution in [0.1, 0.15) is 0 Å². The molecule has 0 aromatic rings. The molecular formula is C2H8B3N. The highest BCUT2D eigenvalue weighted by Gasteiger charge is 2.05. The molecule has 0 aliphatic carbocycles. The van der Waals surface area contributed by atoms with E-state index in [0.29, 0.717) is 6.60 Å². The minimum atomic E-state index is -0.148. The molecule has 0 saturated carbocycles. The van der Waals surface area contributed by atoms with Crippen LogP contribution in [0, 0.1) is 0 Å². The lowest BCUT2D eigenvalue weighted by Gasteiger charge is -1.97. The van der Waals surface area contributed by atoms with E-state index in [1.165, 1.54) is 0 Å². The summed E-state index contributed by atoms with van der Waals surface area (Å²) in [5.41, 5.74) is 5.21. The highest BCUT2D eigenvalue weighted by Crippen LogP contribution is 1.73. The zero-order valence-electron chi connectivity index (χ0n) is 4.31. The van der Waals surface area contributed by atoms with Gasteiger partial charge in [-0.2, -0.15) is 0 Å². The molecule has 0 heterocycles. The second kappa shape index (κ2) is 2.35. The van der Waals surface area contributed by atoms with Crippen molar-refractivity contribution in [3.63, 3.8) is 0 Å². The van der Waals surface area contributed by atoms with Gasteiger partial charge in [0.15, 0.2) is 0 Å². The number of rotatable bonds is 1. The Bertz CT molecular complexity index is 29.8. The van der Waals surface area contributed by atoms with Crippen LogP contribution < -0.4 is 5.64 Å². The van der Waals surface area contributed by atoms with Gasteiger partial charge in [-0.1, -0.05) is 13.6 Å². The largest absolute Gasteiger partial charge is 0.383 e. The number of hydrogen-bond donors (Lipinski definition) is 1. The van der Waals surface area contributed by atoms with E-state index in [2.05, 4.69) is 0 Å². The lowest BCUT2D eigenvalue weighted by atomic mass is 9.08. The van der Waals surface area contributed by atoms with E-state index in [-0.39, 0.29) is 6.63 Å². The first-order valence-electron chi connectivity index (χ1n) is 2.15. The van der Waals surface area contributed by atoms with Crippen LogP contribution in [0.2, 0.25) is 13.6 Å². The smallest absolute Gasteiger partial charge is 0.130 e.